The number of aryl methyl sites for hydroxylation is 1. The minimum absolute atomic E-state index is 0.215. The third-order valence-electron chi connectivity index (χ3n) is 4.07. The summed E-state index contributed by atoms with van der Waals surface area (Å²) in [6, 6.07) is 0.529. The van der Waals surface area contributed by atoms with Gasteiger partial charge < -0.3 is 9.73 Å². The molecule has 1 saturated heterocycles. The predicted molar refractivity (Wildman–Crippen MR) is 72.5 cm³/mol. The molecule has 4 nitrogen and oxygen atoms in total. The molecule has 1 N–H and O–H groups in total. The first-order valence-corrected chi connectivity index (χ1v) is 6.99. The molecular formula is C14H25N3O. The van der Waals surface area contributed by atoms with Gasteiger partial charge in [0.1, 0.15) is 5.76 Å². The Morgan fingerprint density at radius 2 is 2.33 bits per heavy atom. The number of rotatable bonds is 4. The van der Waals surface area contributed by atoms with Crippen molar-refractivity contribution < 1.29 is 4.42 Å². The third-order valence-corrected chi connectivity index (χ3v) is 4.07. The van der Waals surface area contributed by atoms with Gasteiger partial charge in [-0.25, -0.2) is 4.98 Å². The monoisotopic (exact) mass is 251 g/mol. The number of nitrogens with zero attached hydrogens (tertiary/aromatic N) is 2. The van der Waals surface area contributed by atoms with Gasteiger partial charge in [-0.2, -0.15) is 0 Å². The highest BCUT2D eigenvalue weighted by Crippen LogP contribution is 2.20. The minimum atomic E-state index is 0.215. The highest BCUT2D eigenvalue weighted by Gasteiger charge is 2.33. The molecule has 1 aliphatic heterocycles. The first kappa shape index (κ1) is 13.6. The predicted octanol–water partition coefficient (Wildman–Crippen LogP) is 2.20. The van der Waals surface area contributed by atoms with Gasteiger partial charge in [0, 0.05) is 31.1 Å². The second-order valence-electron chi connectivity index (χ2n) is 5.62. The molecule has 0 bridgehead atoms. The Labute approximate surface area is 110 Å². The molecule has 1 aromatic rings. The molecule has 1 aromatic heterocycles. The zero-order valence-corrected chi connectivity index (χ0v) is 12.0. The fraction of sp³-hybridized carbons (Fsp3) is 0.786. The van der Waals surface area contributed by atoms with Crippen LogP contribution in [0.2, 0.25) is 0 Å². The highest BCUT2D eigenvalue weighted by molar-refractivity contribution is 4.97. The molecule has 0 amide bonds. The van der Waals surface area contributed by atoms with E-state index in [2.05, 4.69) is 42.9 Å². The van der Waals surface area contributed by atoms with Crippen molar-refractivity contribution in [3.63, 3.8) is 0 Å². The van der Waals surface area contributed by atoms with Gasteiger partial charge in [-0.1, -0.05) is 13.8 Å². The van der Waals surface area contributed by atoms with Crippen molar-refractivity contribution in [3.05, 3.63) is 17.8 Å². The number of hydrogen-bond acceptors (Lipinski definition) is 4. The third kappa shape index (κ3) is 2.93. The lowest BCUT2D eigenvalue weighted by molar-refractivity contribution is 0.0783. The molecule has 0 saturated carbocycles. The first-order valence-electron chi connectivity index (χ1n) is 6.99. The topological polar surface area (TPSA) is 41.3 Å². The molecule has 0 aromatic carbocycles. The van der Waals surface area contributed by atoms with Gasteiger partial charge in [-0.3, -0.25) is 4.90 Å². The Morgan fingerprint density at radius 3 is 2.94 bits per heavy atom. The Bertz CT molecular complexity index is 390. The smallest absolute Gasteiger partial charge is 0.208 e. The van der Waals surface area contributed by atoms with Crippen LogP contribution in [0.25, 0.3) is 0 Å². The summed E-state index contributed by atoms with van der Waals surface area (Å²) >= 11 is 0. The van der Waals surface area contributed by atoms with Crippen LogP contribution in [0.3, 0.4) is 0 Å². The largest absolute Gasteiger partial charge is 0.444 e. The second kappa shape index (κ2) is 5.41. The molecular weight excluding hydrogens is 226 g/mol. The molecule has 0 radical (unpaired) electrons. The van der Waals surface area contributed by atoms with Crippen LogP contribution in [-0.4, -0.2) is 34.6 Å². The van der Waals surface area contributed by atoms with E-state index in [0.717, 1.165) is 44.1 Å². The maximum Gasteiger partial charge on any atom is 0.208 e. The Morgan fingerprint density at radius 1 is 1.56 bits per heavy atom. The molecule has 2 rings (SSSR count). The standard InChI is InChI=1S/C14H25N3O/c1-5-12-8-15-13(18-12)9-17-10-14(4,6-2)16-7-11(17)3/h8,11,16H,5-7,9-10H2,1-4H3. The van der Waals surface area contributed by atoms with Gasteiger partial charge in [-0.05, 0) is 20.3 Å². The summed E-state index contributed by atoms with van der Waals surface area (Å²) in [7, 11) is 0. The number of piperazine rings is 1. The lowest BCUT2D eigenvalue weighted by Crippen LogP contribution is -2.61. The van der Waals surface area contributed by atoms with E-state index in [1.807, 2.05) is 6.20 Å². The van der Waals surface area contributed by atoms with Crippen LogP contribution in [0.4, 0.5) is 0 Å². The summed E-state index contributed by atoms with van der Waals surface area (Å²) in [5, 5.41) is 3.63. The van der Waals surface area contributed by atoms with Crippen LogP contribution in [-0.2, 0) is 13.0 Å². The van der Waals surface area contributed by atoms with Crippen molar-refractivity contribution in [2.45, 2.75) is 58.7 Å². The summed E-state index contributed by atoms with van der Waals surface area (Å²) in [5.41, 5.74) is 0.215. The normalized spacial score (nSPS) is 29.7. The van der Waals surface area contributed by atoms with Crippen LogP contribution in [0.15, 0.2) is 10.6 Å². The molecule has 0 spiro atoms. The molecule has 4 heteroatoms. The molecule has 1 fully saturated rings. The fourth-order valence-electron chi connectivity index (χ4n) is 2.39. The van der Waals surface area contributed by atoms with Crippen LogP contribution in [0.5, 0.6) is 0 Å². The van der Waals surface area contributed by atoms with E-state index in [-0.39, 0.29) is 5.54 Å². The summed E-state index contributed by atoms with van der Waals surface area (Å²) in [4.78, 5) is 6.82. The maximum absolute atomic E-state index is 5.71. The van der Waals surface area contributed by atoms with E-state index in [4.69, 9.17) is 4.42 Å². The number of hydrogen-bond donors (Lipinski definition) is 1. The Balaban J connectivity index is 2.02. The van der Waals surface area contributed by atoms with Crippen molar-refractivity contribution in [2.24, 2.45) is 0 Å². The van der Waals surface area contributed by atoms with Gasteiger partial charge in [-0.15, -0.1) is 0 Å². The molecule has 2 unspecified atom stereocenters. The fourth-order valence-corrected chi connectivity index (χ4v) is 2.39. The van der Waals surface area contributed by atoms with Crippen molar-refractivity contribution in [1.82, 2.24) is 15.2 Å². The van der Waals surface area contributed by atoms with E-state index in [0.29, 0.717) is 6.04 Å². The Kier molecular flexibility index (Phi) is 4.07. The number of nitrogens with one attached hydrogen (secondary N) is 1. The molecule has 2 atom stereocenters. The van der Waals surface area contributed by atoms with Crippen LogP contribution in [0.1, 0.15) is 45.8 Å². The van der Waals surface area contributed by atoms with Gasteiger partial charge >= 0.3 is 0 Å². The van der Waals surface area contributed by atoms with Gasteiger partial charge in [0.2, 0.25) is 5.89 Å². The zero-order valence-electron chi connectivity index (χ0n) is 12.0. The Hall–Kier alpha value is -0.870. The van der Waals surface area contributed by atoms with Gasteiger partial charge in [0.15, 0.2) is 0 Å². The van der Waals surface area contributed by atoms with Crippen LogP contribution in [0, 0.1) is 0 Å². The molecule has 18 heavy (non-hydrogen) atoms. The van der Waals surface area contributed by atoms with E-state index in [9.17, 15) is 0 Å². The van der Waals surface area contributed by atoms with Gasteiger partial charge in [0.05, 0.1) is 12.7 Å². The average Bonchev–Trinajstić information content (AvgIpc) is 2.82. The molecule has 1 aliphatic rings. The lowest BCUT2D eigenvalue weighted by Gasteiger charge is -2.44. The number of aromatic nitrogens is 1. The zero-order chi connectivity index (χ0) is 13.2. The van der Waals surface area contributed by atoms with Crippen LogP contribution < -0.4 is 5.32 Å². The summed E-state index contributed by atoms with van der Waals surface area (Å²) in [5.74, 6) is 1.82. The van der Waals surface area contributed by atoms with E-state index >= 15 is 0 Å². The SMILES string of the molecule is CCc1cnc(CN2CC(C)(CC)NCC2C)o1. The quantitative estimate of drug-likeness (QED) is 0.890. The van der Waals surface area contributed by atoms with Crippen molar-refractivity contribution in [2.75, 3.05) is 13.1 Å². The number of oxazole rings is 1. The summed E-state index contributed by atoms with van der Waals surface area (Å²) < 4.78 is 5.71. The summed E-state index contributed by atoms with van der Waals surface area (Å²) in [6.07, 6.45) is 3.90. The van der Waals surface area contributed by atoms with Crippen LogP contribution >= 0.6 is 0 Å². The van der Waals surface area contributed by atoms with Gasteiger partial charge in [0.25, 0.3) is 0 Å². The molecule has 0 aliphatic carbocycles. The molecule has 2 heterocycles. The highest BCUT2D eigenvalue weighted by atomic mass is 16.4. The first-order chi connectivity index (χ1) is 8.56. The van der Waals surface area contributed by atoms with E-state index in [1.54, 1.807) is 0 Å². The van der Waals surface area contributed by atoms with E-state index < -0.39 is 0 Å². The average molecular weight is 251 g/mol. The van der Waals surface area contributed by atoms with Crippen molar-refractivity contribution in [3.8, 4) is 0 Å². The lowest BCUT2D eigenvalue weighted by atomic mass is 9.94. The second-order valence-corrected chi connectivity index (χ2v) is 5.62. The molecule has 102 valence electrons. The van der Waals surface area contributed by atoms with E-state index in [1.165, 1.54) is 0 Å². The summed E-state index contributed by atoms with van der Waals surface area (Å²) in [6.45, 7) is 11.8. The minimum Gasteiger partial charge on any atom is -0.444 e. The van der Waals surface area contributed by atoms with Crippen molar-refractivity contribution >= 4 is 0 Å². The van der Waals surface area contributed by atoms with Crippen molar-refractivity contribution in [1.29, 1.82) is 0 Å². The maximum atomic E-state index is 5.71.